The zero-order chi connectivity index (χ0) is 9.02. The summed E-state index contributed by atoms with van der Waals surface area (Å²) in [4.78, 5) is 23.1. The van der Waals surface area contributed by atoms with Crippen molar-refractivity contribution >= 4 is 11.9 Å². The van der Waals surface area contributed by atoms with E-state index in [0.717, 1.165) is 0 Å². The second kappa shape index (κ2) is 3.86. The summed E-state index contributed by atoms with van der Waals surface area (Å²) in [5, 5.41) is 32.4. The Morgan fingerprint density at radius 3 is 1.73 bits per heavy atom. The summed E-state index contributed by atoms with van der Waals surface area (Å²) in [6, 6.07) is 0. The van der Waals surface area contributed by atoms with Crippen molar-refractivity contribution < 1.29 is 35.1 Å². The van der Waals surface area contributed by atoms with Gasteiger partial charge in [-0.05, 0) is 0 Å². The number of hydrogen-bond donors (Lipinski definition) is 4. The lowest BCUT2D eigenvalue weighted by atomic mass is 10.2. The molecule has 11 heavy (non-hydrogen) atoms. The summed E-state index contributed by atoms with van der Waals surface area (Å²) in [6.45, 7) is 0. The maximum atomic E-state index is 9.97. The highest BCUT2D eigenvalue weighted by Crippen LogP contribution is 1.98. The van der Waals surface area contributed by atoms with Crippen LogP contribution in [0.4, 0.5) is 0 Å². The van der Waals surface area contributed by atoms with Crippen LogP contribution in [0.2, 0.25) is 0 Å². The number of carbonyl (C=O) groups is 2. The zero-order valence-electron chi connectivity index (χ0n) is 5.17. The SMILES string of the molecule is O=C(O)[C@H](O)[C@@H](OO)C(=O)O. The standard InChI is InChI=1S/C4H6O7/c5-1(3(6)7)2(11-10)4(8)9/h1-2,5,10H,(H,6,7)(H,8,9)/t1-,2-/m1/s1. The molecule has 0 aromatic rings. The first kappa shape index (κ1) is 9.82. The topological polar surface area (TPSA) is 124 Å². The van der Waals surface area contributed by atoms with Gasteiger partial charge >= 0.3 is 11.9 Å². The number of rotatable bonds is 4. The Morgan fingerprint density at radius 2 is 1.64 bits per heavy atom. The van der Waals surface area contributed by atoms with Crippen LogP contribution in [0.1, 0.15) is 0 Å². The van der Waals surface area contributed by atoms with E-state index in [1.807, 2.05) is 0 Å². The third-order valence-electron chi connectivity index (χ3n) is 0.897. The Hall–Kier alpha value is -1.18. The molecule has 0 aliphatic carbocycles. The molecular weight excluding hydrogens is 160 g/mol. The molecule has 0 saturated carbocycles. The molecule has 64 valence electrons. The van der Waals surface area contributed by atoms with Crippen LogP contribution < -0.4 is 0 Å². The first-order valence-electron chi connectivity index (χ1n) is 2.44. The van der Waals surface area contributed by atoms with Gasteiger partial charge in [0, 0.05) is 0 Å². The van der Waals surface area contributed by atoms with Crippen molar-refractivity contribution in [2.75, 3.05) is 0 Å². The van der Waals surface area contributed by atoms with Crippen molar-refractivity contribution in [1.82, 2.24) is 0 Å². The van der Waals surface area contributed by atoms with E-state index in [4.69, 9.17) is 20.6 Å². The molecule has 0 heterocycles. The van der Waals surface area contributed by atoms with Gasteiger partial charge in [-0.1, -0.05) is 0 Å². The number of aliphatic carboxylic acids is 2. The van der Waals surface area contributed by atoms with Crippen LogP contribution in [-0.2, 0) is 14.5 Å². The van der Waals surface area contributed by atoms with Crippen molar-refractivity contribution in [1.29, 1.82) is 0 Å². The molecule has 4 N–H and O–H groups in total. The molecule has 0 amide bonds. The van der Waals surface area contributed by atoms with Crippen LogP contribution in [0.15, 0.2) is 0 Å². The monoisotopic (exact) mass is 166 g/mol. The van der Waals surface area contributed by atoms with Crippen molar-refractivity contribution in [3.63, 3.8) is 0 Å². The van der Waals surface area contributed by atoms with Crippen LogP contribution in [0.5, 0.6) is 0 Å². The van der Waals surface area contributed by atoms with E-state index in [9.17, 15) is 9.59 Å². The number of aliphatic hydroxyl groups excluding tert-OH is 1. The molecule has 7 heteroatoms. The molecule has 0 fully saturated rings. The second-order valence-electron chi connectivity index (χ2n) is 1.65. The fraction of sp³-hybridized carbons (Fsp3) is 0.500. The van der Waals surface area contributed by atoms with E-state index in [2.05, 4.69) is 4.89 Å². The first-order valence-corrected chi connectivity index (χ1v) is 2.44. The van der Waals surface area contributed by atoms with Gasteiger partial charge in [-0.3, -0.25) is 5.26 Å². The van der Waals surface area contributed by atoms with Gasteiger partial charge in [-0.15, -0.1) is 0 Å². The predicted molar refractivity (Wildman–Crippen MR) is 28.8 cm³/mol. The molecule has 0 aliphatic rings. The van der Waals surface area contributed by atoms with E-state index in [1.165, 1.54) is 0 Å². The fourth-order valence-corrected chi connectivity index (χ4v) is 0.367. The summed E-state index contributed by atoms with van der Waals surface area (Å²) < 4.78 is 0. The van der Waals surface area contributed by atoms with Crippen LogP contribution in [0.25, 0.3) is 0 Å². The normalized spacial score (nSPS) is 15.5. The van der Waals surface area contributed by atoms with Crippen LogP contribution in [-0.4, -0.2) is 44.7 Å². The number of carboxylic acid groups (broad SMARTS) is 2. The summed E-state index contributed by atoms with van der Waals surface area (Å²) in [5.74, 6) is -3.55. The molecule has 0 aromatic carbocycles. The first-order chi connectivity index (χ1) is 5.00. The molecule has 2 atom stereocenters. The second-order valence-corrected chi connectivity index (χ2v) is 1.65. The third kappa shape index (κ3) is 2.50. The quantitative estimate of drug-likeness (QED) is 0.292. The summed E-state index contributed by atoms with van der Waals surface area (Å²) in [6.07, 6.45) is -4.44. The summed E-state index contributed by atoms with van der Waals surface area (Å²) in [5.41, 5.74) is 0. The van der Waals surface area contributed by atoms with Gasteiger partial charge in [0.2, 0.25) is 6.10 Å². The van der Waals surface area contributed by atoms with Crippen molar-refractivity contribution in [2.24, 2.45) is 0 Å². The van der Waals surface area contributed by atoms with Gasteiger partial charge in [-0.2, -0.15) is 0 Å². The van der Waals surface area contributed by atoms with Crippen LogP contribution in [0.3, 0.4) is 0 Å². The van der Waals surface area contributed by atoms with E-state index in [-0.39, 0.29) is 0 Å². The van der Waals surface area contributed by atoms with Crippen molar-refractivity contribution in [2.45, 2.75) is 12.2 Å². The minimum Gasteiger partial charge on any atom is -0.479 e. The van der Waals surface area contributed by atoms with Crippen LogP contribution in [0, 0.1) is 0 Å². The molecule has 0 bridgehead atoms. The highest BCUT2D eigenvalue weighted by atomic mass is 17.1. The van der Waals surface area contributed by atoms with Gasteiger partial charge in [0.25, 0.3) is 0 Å². The lowest BCUT2D eigenvalue weighted by Crippen LogP contribution is -2.41. The Labute approximate surface area is 60.4 Å². The molecule has 0 saturated heterocycles. The fourth-order valence-electron chi connectivity index (χ4n) is 0.367. The Morgan fingerprint density at radius 1 is 1.18 bits per heavy atom. The average molecular weight is 166 g/mol. The summed E-state index contributed by atoms with van der Waals surface area (Å²) >= 11 is 0. The van der Waals surface area contributed by atoms with Gasteiger partial charge in [0.15, 0.2) is 6.10 Å². The third-order valence-corrected chi connectivity index (χ3v) is 0.897. The Bertz CT molecular complexity index is 164. The van der Waals surface area contributed by atoms with Gasteiger partial charge in [0.05, 0.1) is 0 Å². The predicted octanol–water partition coefficient (Wildman–Crippen LogP) is -1.63. The largest absolute Gasteiger partial charge is 0.479 e. The number of hydrogen-bond acceptors (Lipinski definition) is 5. The average Bonchev–Trinajstić information content (AvgIpc) is 1.88. The van der Waals surface area contributed by atoms with Gasteiger partial charge < -0.3 is 15.3 Å². The summed E-state index contributed by atoms with van der Waals surface area (Å²) in [7, 11) is 0. The molecule has 0 rings (SSSR count). The van der Waals surface area contributed by atoms with Gasteiger partial charge in [0.1, 0.15) is 0 Å². The minimum atomic E-state index is -2.28. The van der Waals surface area contributed by atoms with E-state index >= 15 is 0 Å². The van der Waals surface area contributed by atoms with Crippen LogP contribution >= 0.6 is 0 Å². The van der Waals surface area contributed by atoms with Crippen molar-refractivity contribution in [3.05, 3.63) is 0 Å². The van der Waals surface area contributed by atoms with E-state index < -0.39 is 24.1 Å². The lowest BCUT2D eigenvalue weighted by molar-refractivity contribution is -0.291. The minimum absolute atomic E-state index is 1.76. The molecule has 0 radical (unpaired) electrons. The lowest BCUT2D eigenvalue weighted by Gasteiger charge is -2.10. The maximum Gasteiger partial charge on any atom is 0.339 e. The maximum absolute atomic E-state index is 9.97. The molecule has 0 unspecified atom stereocenters. The molecule has 7 nitrogen and oxygen atoms in total. The Balaban J connectivity index is 4.25. The number of carboxylic acids is 2. The smallest absolute Gasteiger partial charge is 0.339 e. The van der Waals surface area contributed by atoms with Gasteiger partial charge in [-0.25, -0.2) is 14.5 Å². The molecule has 0 aliphatic heterocycles. The van der Waals surface area contributed by atoms with Crippen molar-refractivity contribution in [3.8, 4) is 0 Å². The highest BCUT2D eigenvalue weighted by molar-refractivity contribution is 5.83. The molecular formula is C4H6O7. The Kier molecular flexibility index (Phi) is 3.45. The molecule has 0 aromatic heterocycles. The number of aliphatic hydroxyl groups is 1. The van der Waals surface area contributed by atoms with E-state index in [0.29, 0.717) is 0 Å². The molecule has 0 spiro atoms. The highest BCUT2D eigenvalue weighted by Gasteiger charge is 2.33. The van der Waals surface area contributed by atoms with E-state index in [1.54, 1.807) is 0 Å². The zero-order valence-corrected chi connectivity index (χ0v) is 5.17.